The maximum Gasteiger partial charge on any atom is 0.573 e. The molecule has 3 aromatic rings. The molecule has 0 spiro atoms. The van der Waals surface area contributed by atoms with Gasteiger partial charge in [-0.25, -0.2) is 9.19 Å². The normalized spacial score (nSPS) is 14.6. The number of aryl methyl sites for hydroxylation is 1. The molecule has 1 unspecified atom stereocenters. The molecule has 12 heteroatoms. The van der Waals surface area contributed by atoms with Crippen LogP contribution in [0.2, 0.25) is 0 Å². The number of pyridine rings is 1. The molecule has 174 valence electrons. The van der Waals surface area contributed by atoms with E-state index in [0.29, 0.717) is 16.9 Å². The lowest BCUT2D eigenvalue weighted by Crippen LogP contribution is -2.25. The summed E-state index contributed by atoms with van der Waals surface area (Å²) in [5.41, 5.74) is 0.924. The topological polar surface area (TPSA) is 54.5 Å². The Hall–Kier alpha value is -3.28. The lowest BCUT2D eigenvalue weighted by atomic mass is 10.2. The van der Waals surface area contributed by atoms with Gasteiger partial charge in [0, 0.05) is 5.56 Å². The predicted octanol–water partition coefficient (Wildman–Crippen LogP) is 6.09. The first kappa shape index (κ1) is 22.9. The van der Waals surface area contributed by atoms with Gasteiger partial charge in [0.1, 0.15) is 17.3 Å². The SMILES string of the molecule is Cc1ccc2c(c1)N(S(=O)c1ccc(OC(F)(F)F)cc1)Cc1ccc(C(F)(F)F)nc1N2. The van der Waals surface area contributed by atoms with E-state index >= 15 is 0 Å². The Bertz CT molecular complexity index is 1210. The van der Waals surface area contributed by atoms with E-state index in [4.69, 9.17) is 0 Å². The lowest BCUT2D eigenvalue weighted by molar-refractivity contribution is -0.274. The van der Waals surface area contributed by atoms with Crippen molar-refractivity contribution < 1.29 is 35.3 Å². The zero-order chi connectivity index (χ0) is 24.0. The van der Waals surface area contributed by atoms with Crippen LogP contribution in [0, 0.1) is 6.92 Å². The van der Waals surface area contributed by atoms with Crippen molar-refractivity contribution in [1.82, 2.24) is 4.98 Å². The molecule has 5 nitrogen and oxygen atoms in total. The molecule has 33 heavy (non-hydrogen) atoms. The summed E-state index contributed by atoms with van der Waals surface area (Å²) in [6.07, 6.45) is -9.50. The standard InChI is InChI=1S/C21H15F6N3O2S/c1-12-2-8-16-17(10-12)30(11-13-3-9-18(20(22,23)24)29-19(13)28-16)33(31)15-6-4-14(5-7-15)32-21(25,26)27/h2-10H,11H2,1H3,(H,28,29). The number of anilines is 3. The first-order valence-electron chi connectivity index (χ1n) is 9.41. The molecular formula is C21H15F6N3O2S. The van der Waals surface area contributed by atoms with Gasteiger partial charge in [-0.05, 0) is 55.0 Å². The Morgan fingerprint density at radius 1 is 1.00 bits per heavy atom. The van der Waals surface area contributed by atoms with Gasteiger partial charge in [0.05, 0.1) is 22.8 Å². The summed E-state index contributed by atoms with van der Waals surface area (Å²) < 4.78 is 95.3. The molecule has 4 rings (SSSR count). The van der Waals surface area contributed by atoms with Gasteiger partial charge in [-0.3, -0.25) is 4.31 Å². The monoisotopic (exact) mass is 487 g/mol. The Labute approximate surface area is 186 Å². The minimum absolute atomic E-state index is 0.0247. The summed E-state index contributed by atoms with van der Waals surface area (Å²) in [5, 5.41) is 2.88. The molecule has 1 aliphatic rings. The Morgan fingerprint density at radius 3 is 2.33 bits per heavy atom. The predicted molar refractivity (Wildman–Crippen MR) is 109 cm³/mol. The number of alkyl halides is 6. The van der Waals surface area contributed by atoms with Crippen molar-refractivity contribution in [3.05, 3.63) is 71.4 Å². The van der Waals surface area contributed by atoms with Crippen LogP contribution in [0.5, 0.6) is 5.75 Å². The highest BCUT2D eigenvalue weighted by Gasteiger charge is 2.34. The van der Waals surface area contributed by atoms with Gasteiger partial charge >= 0.3 is 12.5 Å². The van der Waals surface area contributed by atoms with Crippen LogP contribution >= 0.6 is 0 Å². The third-order valence-corrected chi connectivity index (χ3v) is 6.12. The number of hydrogen-bond donors (Lipinski definition) is 1. The van der Waals surface area contributed by atoms with E-state index in [1.807, 2.05) is 0 Å². The molecule has 0 amide bonds. The van der Waals surface area contributed by atoms with Crippen molar-refractivity contribution in [2.24, 2.45) is 0 Å². The third kappa shape index (κ3) is 5.05. The Balaban J connectivity index is 1.73. The lowest BCUT2D eigenvalue weighted by Gasteiger charge is -2.24. The van der Waals surface area contributed by atoms with Gasteiger partial charge in [-0.15, -0.1) is 13.2 Å². The number of halogens is 6. The summed E-state index contributed by atoms with van der Waals surface area (Å²) in [6.45, 7) is 1.74. The highest BCUT2D eigenvalue weighted by Crippen LogP contribution is 2.39. The molecule has 0 saturated carbocycles. The highest BCUT2D eigenvalue weighted by molar-refractivity contribution is 7.86. The molecule has 2 heterocycles. The number of nitrogens with zero attached hydrogens (tertiary/aromatic N) is 2. The summed E-state index contributed by atoms with van der Waals surface area (Å²) in [7, 11) is -1.91. The summed E-state index contributed by atoms with van der Waals surface area (Å²) in [4.78, 5) is 3.87. The van der Waals surface area contributed by atoms with Crippen molar-refractivity contribution in [2.75, 3.05) is 9.62 Å². The minimum Gasteiger partial charge on any atom is -0.406 e. The number of rotatable bonds is 3. The Kier molecular flexibility index (Phi) is 5.72. The number of benzene rings is 2. The fourth-order valence-electron chi connectivity index (χ4n) is 3.24. The van der Waals surface area contributed by atoms with E-state index in [1.165, 1.54) is 22.5 Å². The molecular weight excluding hydrogens is 472 g/mol. The molecule has 2 aromatic carbocycles. The molecule has 0 radical (unpaired) electrons. The Morgan fingerprint density at radius 2 is 1.70 bits per heavy atom. The summed E-state index contributed by atoms with van der Waals surface area (Å²) in [5.74, 6) is -0.491. The van der Waals surface area contributed by atoms with Crippen LogP contribution in [-0.4, -0.2) is 15.6 Å². The van der Waals surface area contributed by atoms with Crippen LogP contribution in [0.1, 0.15) is 16.8 Å². The van der Waals surface area contributed by atoms with Gasteiger partial charge in [-0.1, -0.05) is 12.1 Å². The molecule has 1 atom stereocenters. The van der Waals surface area contributed by atoms with E-state index in [1.54, 1.807) is 25.1 Å². The molecule has 1 aliphatic heterocycles. The number of ether oxygens (including phenoxy) is 1. The van der Waals surface area contributed by atoms with Crippen LogP contribution in [0.15, 0.2) is 59.5 Å². The van der Waals surface area contributed by atoms with Gasteiger partial charge in [0.25, 0.3) is 0 Å². The smallest absolute Gasteiger partial charge is 0.406 e. The first-order valence-corrected chi connectivity index (χ1v) is 10.5. The second-order valence-corrected chi connectivity index (χ2v) is 8.56. The van der Waals surface area contributed by atoms with E-state index in [2.05, 4.69) is 15.0 Å². The molecule has 0 aliphatic carbocycles. The third-order valence-electron chi connectivity index (χ3n) is 4.72. The van der Waals surface area contributed by atoms with Gasteiger partial charge in [0.15, 0.2) is 11.0 Å². The number of fused-ring (bicyclic) bond motifs is 2. The zero-order valence-electron chi connectivity index (χ0n) is 16.8. The minimum atomic E-state index is -4.86. The quantitative estimate of drug-likeness (QED) is 0.454. The van der Waals surface area contributed by atoms with Crippen molar-refractivity contribution in [3.63, 3.8) is 0 Å². The van der Waals surface area contributed by atoms with E-state index < -0.39 is 35.0 Å². The van der Waals surface area contributed by atoms with Crippen molar-refractivity contribution in [3.8, 4) is 5.75 Å². The molecule has 1 aromatic heterocycles. The van der Waals surface area contributed by atoms with Crippen LogP contribution in [0.3, 0.4) is 0 Å². The number of aromatic nitrogens is 1. The van der Waals surface area contributed by atoms with E-state index in [-0.39, 0.29) is 17.3 Å². The van der Waals surface area contributed by atoms with E-state index in [0.717, 1.165) is 23.8 Å². The van der Waals surface area contributed by atoms with Crippen LogP contribution in [0.25, 0.3) is 0 Å². The molecule has 0 saturated heterocycles. The fraction of sp³-hybridized carbons (Fsp3) is 0.190. The largest absolute Gasteiger partial charge is 0.573 e. The average Bonchev–Trinajstić information content (AvgIpc) is 2.88. The zero-order valence-corrected chi connectivity index (χ0v) is 17.6. The maximum atomic E-state index is 13.4. The molecule has 1 N–H and O–H groups in total. The second kappa shape index (κ2) is 8.25. The summed E-state index contributed by atoms with van der Waals surface area (Å²) >= 11 is 0. The van der Waals surface area contributed by atoms with Gasteiger partial charge in [0.2, 0.25) is 0 Å². The number of hydrogen-bond acceptors (Lipinski definition) is 4. The van der Waals surface area contributed by atoms with Crippen LogP contribution in [0.4, 0.5) is 43.5 Å². The van der Waals surface area contributed by atoms with E-state index in [9.17, 15) is 30.6 Å². The molecule has 0 bridgehead atoms. The van der Waals surface area contributed by atoms with Crippen molar-refractivity contribution in [2.45, 2.75) is 30.9 Å². The van der Waals surface area contributed by atoms with Gasteiger partial charge in [-0.2, -0.15) is 13.2 Å². The maximum absolute atomic E-state index is 13.4. The summed E-state index contributed by atoms with van der Waals surface area (Å²) in [6, 6.07) is 11.7. The highest BCUT2D eigenvalue weighted by atomic mass is 32.2. The average molecular weight is 487 g/mol. The van der Waals surface area contributed by atoms with Crippen molar-refractivity contribution >= 4 is 28.2 Å². The second-order valence-electron chi connectivity index (χ2n) is 7.15. The molecule has 0 fully saturated rings. The van der Waals surface area contributed by atoms with Gasteiger partial charge < -0.3 is 10.1 Å². The van der Waals surface area contributed by atoms with Crippen LogP contribution < -0.4 is 14.4 Å². The first-order chi connectivity index (χ1) is 15.4. The van der Waals surface area contributed by atoms with Crippen LogP contribution in [-0.2, 0) is 23.7 Å². The number of nitrogens with one attached hydrogen (secondary N) is 1. The van der Waals surface area contributed by atoms with Crippen molar-refractivity contribution in [1.29, 1.82) is 0 Å². The fourth-order valence-corrected chi connectivity index (χ4v) is 4.45.